The fourth-order valence-corrected chi connectivity index (χ4v) is 3.33. The third-order valence-electron chi connectivity index (χ3n) is 3.95. The fourth-order valence-electron chi connectivity index (χ4n) is 2.62. The highest BCUT2D eigenvalue weighted by atomic mass is 32.1. The monoisotopic (exact) mass is 366 g/mol. The lowest BCUT2D eigenvalue weighted by Gasteiger charge is -2.04. The Morgan fingerprint density at radius 1 is 0.923 bits per heavy atom. The number of hydrogen-bond acceptors (Lipinski definition) is 3. The van der Waals surface area contributed by atoms with Crippen molar-refractivity contribution in [1.29, 1.82) is 0 Å². The second kappa shape index (κ2) is 6.65. The number of benzene rings is 3. The van der Waals surface area contributed by atoms with E-state index in [1.165, 1.54) is 17.4 Å². The van der Waals surface area contributed by atoms with E-state index in [2.05, 4.69) is 10.3 Å². The predicted molar refractivity (Wildman–Crippen MR) is 99.4 cm³/mol. The Morgan fingerprint density at radius 3 is 2.54 bits per heavy atom. The minimum atomic E-state index is -0.933. The molecule has 4 aromatic rings. The molecular weight excluding hydrogens is 354 g/mol. The van der Waals surface area contributed by atoms with E-state index in [0.29, 0.717) is 22.0 Å². The van der Waals surface area contributed by atoms with Crippen LogP contribution in [0.1, 0.15) is 10.4 Å². The molecule has 26 heavy (non-hydrogen) atoms. The van der Waals surface area contributed by atoms with Crippen molar-refractivity contribution in [3.05, 3.63) is 83.2 Å². The van der Waals surface area contributed by atoms with Gasteiger partial charge in [-0.3, -0.25) is 10.1 Å². The van der Waals surface area contributed by atoms with E-state index in [4.69, 9.17) is 0 Å². The van der Waals surface area contributed by atoms with Crippen LogP contribution in [0.5, 0.6) is 0 Å². The van der Waals surface area contributed by atoms with Crippen LogP contribution in [0.4, 0.5) is 13.9 Å². The maximum atomic E-state index is 13.4. The molecule has 0 radical (unpaired) electrons. The van der Waals surface area contributed by atoms with Crippen LogP contribution in [0.15, 0.2) is 66.0 Å². The van der Waals surface area contributed by atoms with Gasteiger partial charge in [0.2, 0.25) is 0 Å². The quantitative estimate of drug-likeness (QED) is 0.521. The Kier molecular flexibility index (Phi) is 4.18. The summed E-state index contributed by atoms with van der Waals surface area (Å²) in [5.74, 6) is -2.12. The third-order valence-corrected chi connectivity index (χ3v) is 4.71. The predicted octanol–water partition coefficient (Wildman–Crippen LogP) is 5.49. The van der Waals surface area contributed by atoms with E-state index in [9.17, 15) is 13.6 Å². The van der Waals surface area contributed by atoms with Crippen LogP contribution in [-0.2, 0) is 0 Å². The van der Waals surface area contributed by atoms with Crippen LogP contribution in [0.3, 0.4) is 0 Å². The van der Waals surface area contributed by atoms with Crippen LogP contribution in [0.2, 0.25) is 0 Å². The van der Waals surface area contributed by atoms with E-state index < -0.39 is 11.6 Å². The fraction of sp³-hybridized carbons (Fsp3) is 0. The number of anilines is 1. The molecule has 0 fully saturated rings. The number of amides is 1. The molecule has 0 aliphatic carbocycles. The number of hydrogen-bond donors (Lipinski definition) is 1. The van der Waals surface area contributed by atoms with Crippen molar-refractivity contribution < 1.29 is 13.6 Å². The number of nitrogens with one attached hydrogen (secondary N) is 1. The maximum Gasteiger partial charge on any atom is 0.257 e. The summed E-state index contributed by atoms with van der Waals surface area (Å²) in [5.41, 5.74) is 1.45. The average molecular weight is 366 g/mol. The summed E-state index contributed by atoms with van der Waals surface area (Å²) < 4.78 is 26.4. The highest BCUT2D eigenvalue weighted by Crippen LogP contribution is 2.26. The number of thiazole rings is 1. The number of aromatic nitrogens is 1. The van der Waals surface area contributed by atoms with Crippen molar-refractivity contribution in [2.75, 3.05) is 5.32 Å². The van der Waals surface area contributed by atoms with Gasteiger partial charge >= 0.3 is 0 Å². The van der Waals surface area contributed by atoms with Crippen molar-refractivity contribution in [2.24, 2.45) is 0 Å². The molecule has 3 aromatic carbocycles. The van der Waals surface area contributed by atoms with Gasteiger partial charge < -0.3 is 0 Å². The molecule has 1 N–H and O–H groups in total. The summed E-state index contributed by atoms with van der Waals surface area (Å²) in [4.78, 5) is 16.7. The Balaban J connectivity index is 1.56. The van der Waals surface area contributed by atoms with Gasteiger partial charge in [-0.05, 0) is 41.1 Å². The Hall–Kier alpha value is -3.12. The first-order valence-corrected chi connectivity index (χ1v) is 8.69. The van der Waals surface area contributed by atoms with Crippen molar-refractivity contribution in [3.63, 3.8) is 0 Å². The van der Waals surface area contributed by atoms with Crippen LogP contribution in [0.25, 0.3) is 22.0 Å². The largest absolute Gasteiger partial charge is 0.298 e. The third kappa shape index (κ3) is 3.19. The molecule has 128 valence electrons. The number of carbonyl (C=O) groups is 1. The van der Waals surface area contributed by atoms with Gasteiger partial charge in [-0.1, -0.05) is 30.3 Å². The molecule has 0 saturated heterocycles. The summed E-state index contributed by atoms with van der Waals surface area (Å²) in [5, 5.41) is 6.84. The summed E-state index contributed by atoms with van der Waals surface area (Å²) in [6, 6.07) is 16.8. The highest BCUT2D eigenvalue weighted by molar-refractivity contribution is 7.14. The maximum absolute atomic E-state index is 13.4. The Morgan fingerprint density at radius 2 is 1.73 bits per heavy atom. The van der Waals surface area contributed by atoms with Crippen molar-refractivity contribution >= 4 is 33.1 Å². The van der Waals surface area contributed by atoms with Crippen LogP contribution in [-0.4, -0.2) is 10.9 Å². The summed E-state index contributed by atoms with van der Waals surface area (Å²) in [6.45, 7) is 0. The van der Waals surface area contributed by atoms with Gasteiger partial charge in [-0.25, -0.2) is 13.8 Å². The molecule has 1 heterocycles. The average Bonchev–Trinajstić information content (AvgIpc) is 3.12. The molecule has 0 atom stereocenters. The zero-order valence-corrected chi connectivity index (χ0v) is 14.2. The van der Waals surface area contributed by atoms with Gasteiger partial charge in [-0.2, -0.15) is 0 Å². The smallest absolute Gasteiger partial charge is 0.257 e. The van der Waals surface area contributed by atoms with E-state index in [1.807, 2.05) is 36.4 Å². The minimum Gasteiger partial charge on any atom is -0.298 e. The molecule has 1 aromatic heterocycles. The Bertz CT molecular complexity index is 1120. The molecule has 4 rings (SSSR count). The number of nitrogens with zero attached hydrogens (tertiary/aromatic N) is 1. The second-order valence-corrected chi connectivity index (χ2v) is 6.54. The van der Waals surface area contributed by atoms with E-state index in [0.717, 1.165) is 22.9 Å². The Labute approximate surface area is 151 Å². The van der Waals surface area contributed by atoms with Crippen LogP contribution < -0.4 is 5.32 Å². The van der Waals surface area contributed by atoms with Gasteiger partial charge in [0.05, 0.1) is 5.69 Å². The molecule has 3 nitrogen and oxygen atoms in total. The lowest BCUT2D eigenvalue weighted by Crippen LogP contribution is -2.11. The summed E-state index contributed by atoms with van der Waals surface area (Å²) >= 11 is 1.22. The molecule has 0 saturated carbocycles. The summed E-state index contributed by atoms with van der Waals surface area (Å²) in [6.07, 6.45) is 0. The lowest BCUT2D eigenvalue weighted by atomic mass is 10.1. The topological polar surface area (TPSA) is 42.0 Å². The van der Waals surface area contributed by atoms with Gasteiger partial charge in [0.1, 0.15) is 0 Å². The normalized spacial score (nSPS) is 10.8. The highest BCUT2D eigenvalue weighted by Gasteiger charge is 2.12. The number of fused-ring (bicyclic) bond motifs is 1. The van der Waals surface area contributed by atoms with E-state index >= 15 is 0 Å². The molecule has 0 unspecified atom stereocenters. The SMILES string of the molecule is O=C(Nc1nc(-c2ccc(F)c(F)c2)cs1)c1ccc2ccccc2c1. The molecule has 0 aliphatic heterocycles. The first-order chi connectivity index (χ1) is 12.6. The molecule has 1 amide bonds. The lowest BCUT2D eigenvalue weighted by molar-refractivity contribution is 0.102. The first kappa shape index (κ1) is 16.4. The molecule has 0 aliphatic rings. The van der Waals surface area contributed by atoms with Gasteiger partial charge in [0.25, 0.3) is 5.91 Å². The molecule has 0 bridgehead atoms. The van der Waals surface area contributed by atoms with Crippen LogP contribution in [0, 0.1) is 11.6 Å². The molecular formula is C20H12F2N2OS. The van der Waals surface area contributed by atoms with Crippen molar-refractivity contribution in [2.45, 2.75) is 0 Å². The first-order valence-electron chi connectivity index (χ1n) is 7.81. The standard InChI is InChI=1S/C20H12F2N2OS/c21-16-8-7-14(10-17(16)22)18-11-26-20(23-18)24-19(25)15-6-5-12-3-1-2-4-13(12)9-15/h1-11H,(H,23,24,25). The number of halogens is 2. The number of rotatable bonds is 3. The van der Waals surface area contributed by atoms with Gasteiger partial charge in [-0.15, -0.1) is 11.3 Å². The minimum absolute atomic E-state index is 0.276. The van der Waals surface area contributed by atoms with Crippen molar-refractivity contribution in [1.82, 2.24) is 4.98 Å². The zero-order chi connectivity index (χ0) is 18.1. The van der Waals surface area contributed by atoms with Gasteiger partial charge in [0.15, 0.2) is 16.8 Å². The van der Waals surface area contributed by atoms with E-state index in [1.54, 1.807) is 11.4 Å². The molecule has 6 heteroatoms. The zero-order valence-electron chi connectivity index (χ0n) is 13.4. The number of carbonyl (C=O) groups excluding carboxylic acids is 1. The second-order valence-electron chi connectivity index (χ2n) is 5.68. The van der Waals surface area contributed by atoms with E-state index in [-0.39, 0.29) is 5.91 Å². The summed E-state index contributed by atoms with van der Waals surface area (Å²) in [7, 11) is 0. The van der Waals surface area contributed by atoms with Crippen LogP contribution >= 0.6 is 11.3 Å². The van der Waals surface area contributed by atoms with Crippen molar-refractivity contribution in [3.8, 4) is 11.3 Å². The molecule has 0 spiro atoms. The van der Waals surface area contributed by atoms with Gasteiger partial charge in [0, 0.05) is 16.5 Å².